The molecule has 6 nitrogen and oxygen atoms in total. The molecule has 1 aliphatic rings. The number of hydrogen-bond donors (Lipinski definition) is 0. The van der Waals surface area contributed by atoms with Gasteiger partial charge in [0.1, 0.15) is 5.69 Å². The molecule has 1 aromatic carbocycles. The number of fused-ring (bicyclic) bond motifs is 1. The molecule has 0 radical (unpaired) electrons. The van der Waals surface area contributed by atoms with Crippen LogP contribution in [0.4, 0.5) is 10.3 Å². The smallest absolute Gasteiger partial charge is 0.291 e. The summed E-state index contributed by atoms with van der Waals surface area (Å²) in [4.78, 5) is 35.8. The van der Waals surface area contributed by atoms with Crippen molar-refractivity contribution in [3.05, 3.63) is 76.6 Å². The van der Waals surface area contributed by atoms with Crippen LogP contribution in [0.1, 0.15) is 24.2 Å². The monoisotopic (exact) mass is 392 g/mol. The number of rotatable bonds is 4. The number of carbonyl (C=O) groups excluding carboxylic acids is 1. The third-order valence-electron chi connectivity index (χ3n) is 4.97. The predicted octanol–water partition coefficient (Wildman–Crippen LogP) is 3.17. The van der Waals surface area contributed by atoms with E-state index in [1.165, 1.54) is 17.0 Å². The molecular formula is C22H21FN4O2. The highest BCUT2D eigenvalue weighted by atomic mass is 19.1. The maximum Gasteiger partial charge on any atom is 0.291 e. The lowest BCUT2D eigenvalue weighted by Crippen LogP contribution is -2.49. The molecule has 29 heavy (non-hydrogen) atoms. The lowest BCUT2D eigenvalue weighted by molar-refractivity contribution is 0.0993. The number of ketones is 1. The summed E-state index contributed by atoms with van der Waals surface area (Å²) in [5.74, 6) is -0.669. The van der Waals surface area contributed by atoms with Crippen LogP contribution in [0.5, 0.6) is 0 Å². The highest BCUT2D eigenvalue weighted by Gasteiger charge is 2.34. The van der Waals surface area contributed by atoms with Crippen molar-refractivity contribution >= 4 is 11.7 Å². The summed E-state index contributed by atoms with van der Waals surface area (Å²) in [6.07, 6.45) is 3.04. The molecule has 0 aliphatic carbocycles. The molecule has 0 saturated heterocycles. The number of anilines is 1. The third-order valence-corrected chi connectivity index (χ3v) is 4.97. The van der Waals surface area contributed by atoms with Crippen molar-refractivity contribution in [2.24, 2.45) is 5.41 Å². The Bertz CT molecular complexity index is 1110. The Morgan fingerprint density at radius 2 is 1.79 bits per heavy atom. The van der Waals surface area contributed by atoms with Gasteiger partial charge in [-0.05, 0) is 12.1 Å². The molecule has 0 N–H and O–H groups in total. The van der Waals surface area contributed by atoms with Gasteiger partial charge in [-0.15, -0.1) is 0 Å². The second-order valence-corrected chi connectivity index (χ2v) is 8.01. The van der Waals surface area contributed by atoms with Crippen molar-refractivity contribution in [2.45, 2.75) is 20.4 Å². The average molecular weight is 392 g/mol. The summed E-state index contributed by atoms with van der Waals surface area (Å²) in [6.45, 7) is 4.88. The minimum Gasteiger partial charge on any atom is -0.334 e. The number of nitrogens with zero attached hydrogens (tertiary/aromatic N) is 4. The fourth-order valence-corrected chi connectivity index (χ4v) is 3.69. The minimum atomic E-state index is -0.896. The van der Waals surface area contributed by atoms with Crippen molar-refractivity contribution in [1.29, 1.82) is 0 Å². The van der Waals surface area contributed by atoms with Gasteiger partial charge < -0.3 is 4.90 Å². The van der Waals surface area contributed by atoms with Gasteiger partial charge in [-0.2, -0.15) is 4.39 Å². The van der Waals surface area contributed by atoms with Crippen molar-refractivity contribution in [3.8, 4) is 11.3 Å². The Labute approximate surface area is 167 Å². The normalized spacial score (nSPS) is 15.1. The Morgan fingerprint density at radius 3 is 2.48 bits per heavy atom. The number of carbonyl (C=O) groups is 1. The first-order valence-electron chi connectivity index (χ1n) is 9.40. The van der Waals surface area contributed by atoms with Gasteiger partial charge in [0.15, 0.2) is 5.78 Å². The van der Waals surface area contributed by atoms with E-state index in [0.29, 0.717) is 30.2 Å². The number of Topliss-reactive ketones (excluding diaryl/α,β-unsaturated/α-hetero) is 1. The Morgan fingerprint density at radius 1 is 1.10 bits per heavy atom. The van der Waals surface area contributed by atoms with Gasteiger partial charge in [0.25, 0.3) is 5.56 Å². The van der Waals surface area contributed by atoms with E-state index in [1.54, 1.807) is 41.3 Å². The Balaban J connectivity index is 1.80. The molecule has 1 aliphatic heterocycles. The summed E-state index contributed by atoms with van der Waals surface area (Å²) in [7, 11) is 0. The number of benzene rings is 1. The van der Waals surface area contributed by atoms with Gasteiger partial charge in [0.2, 0.25) is 11.8 Å². The standard InChI is InChI=1S/C22H21FN4O2/c1-22(2)13-26(12-17(28)15-6-4-3-5-7-15)21-25-19(16-8-10-24-11-9-16)18(23)20(29)27(21)14-22/h3-11H,12-14H2,1-2H3. The van der Waals surface area contributed by atoms with Crippen LogP contribution in [-0.4, -0.2) is 33.4 Å². The summed E-state index contributed by atoms with van der Waals surface area (Å²) in [6, 6.07) is 12.2. The summed E-state index contributed by atoms with van der Waals surface area (Å²) in [5.41, 5.74) is -0.0224. The van der Waals surface area contributed by atoms with Crippen LogP contribution in [0.15, 0.2) is 59.7 Å². The molecule has 0 bridgehead atoms. The largest absolute Gasteiger partial charge is 0.334 e. The first kappa shape index (κ1) is 19.0. The number of hydrogen-bond acceptors (Lipinski definition) is 5. The van der Waals surface area contributed by atoms with Crippen LogP contribution in [-0.2, 0) is 6.54 Å². The lowest BCUT2D eigenvalue weighted by atomic mass is 9.90. The molecule has 0 fully saturated rings. The SMILES string of the molecule is CC1(C)CN(CC(=O)c2ccccc2)c2nc(-c3ccncc3)c(F)c(=O)n2C1. The Kier molecular flexibility index (Phi) is 4.74. The second-order valence-electron chi connectivity index (χ2n) is 8.01. The average Bonchev–Trinajstić information content (AvgIpc) is 2.72. The molecule has 0 spiro atoms. The molecule has 148 valence electrons. The van der Waals surface area contributed by atoms with E-state index < -0.39 is 11.4 Å². The van der Waals surface area contributed by atoms with Crippen LogP contribution < -0.4 is 10.5 Å². The number of aromatic nitrogens is 3. The van der Waals surface area contributed by atoms with E-state index in [1.807, 2.05) is 19.9 Å². The van der Waals surface area contributed by atoms with E-state index in [4.69, 9.17) is 0 Å². The van der Waals surface area contributed by atoms with Crippen LogP contribution in [0.25, 0.3) is 11.3 Å². The van der Waals surface area contributed by atoms with Gasteiger partial charge in [-0.1, -0.05) is 44.2 Å². The summed E-state index contributed by atoms with van der Waals surface area (Å²) < 4.78 is 16.2. The zero-order valence-electron chi connectivity index (χ0n) is 16.3. The van der Waals surface area contributed by atoms with Gasteiger partial charge in [-0.3, -0.25) is 19.1 Å². The molecule has 3 heterocycles. The molecule has 3 aromatic rings. The van der Waals surface area contributed by atoms with Crippen LogP contribution >= 0.6 is 0 Å². The first-order valence-corrected chi connectivity index (χ1v) is 9.40. The van der Waals surface area contributed by atoms with Crippen LogP contribution in [0.2, 0.25) is 0 Å². The zero-order valence-corrected chi connectivity index (χ0v) is 16.3. The second kappa shape index (κ2) is 7.24. The zero-order chi connectivity index (χ0) is 20.6. The quantitative estimate of drug-likeness (QED) is 0.638. The maximum absolute atomic E-state index is 14.9. The van der Waals surface area contributed by atoms with E-state index in [2.05, 4.69) is 9.97 Å². The van der Waals surface area contributed by atoms with Crippen LogP contribution in [0, 0.1) is 11.2 Å². The van der Waals surface area contributed by atoms with E-state index in [-0.39, 0.29) is 23.4 Å². The van der Waals surface area contributed by atoms with E-state index in [9.17, 15) is 14.0 Å². The molecule has 7 heteroatoms. The lowest BCUT2D eigenvalue weighted by Gasteiger charge is -2.40. The highest BCUT2D eigenvalue weighted by Crippen LogP contribution is 2.31. The number of pyridine rings is 1. The molecular weight excluding hydrogens is 371 g/mol. The van der Waals surface area contributed by atoms with Gasteiger partial charge in [0.05, 0.1) is 6.54 Å². The maximum atomic E-state index is 14.9. The molecule has 0 atom stereocenters. The van der Waals surface area contributed by atoms with Gasteiger partial charge in [-0.25, -0.2) is 4.98 Å². The molecule has 4 rings (SSSR count). The van der Waals surface area contributed by atoms with Crippen molar-refractivity contribution in [3.63, 3.8) is 0 Å². The Hall–Kier alpha value is -3.35. The number of halogens is 1. The topological polar surface area (TPSA) is 68.1 Å². The third kappa shape index (κ3) is 3.68. The fourth-order valence-electron chi connectivity index (χ4n) is 3.69. The van der Waals surface area contributed by atoms with Gasteiger partial charge in [0, 0.05) is 42.0 Å². The summed E-state index contributed by atoms with van der Waals surface area (Å²) in [5, 5.41) is 0. The van der Waals surface area contributed by atoms with Crippen LogP contribution in [0.3, 0.4) is 0 Å². The molecule has 0 unspecified atom stereocenters. The first-order chi connectivity index (χ1) is 13.9. The molecule has 0 amide bonds. The molecule has 0 saturated carbocycles. The van der Waals surface area contributed by atoms with Crippen molar-refractivity contribution in [2.75, 3.05) is 18.0 Å². The van der Waals surface area contributed by atoms with Crippen molar-refractivity contribution < 1.29 is 9.18 Å². The van der Waals surface area contributed by atoms with Gasteiger partial charge >= 0.3 is 0 Å². The van der Waals surface area contributed by atoms with Crippen molar-refractivity contribution in [1.82, 2.24) is 14.5 Å². The molecule has 2 aromatic heterocycles. The van der Waals surface area contributed by atoms with E-state index in [0.717, 1.165) is 0 Å². The predicted molar refractivity (Wildman–Crippen MR) is 108 cm³/mol. The fraction of sp³-hybridized carbons (Fsp3) is 0.273. The highest BCUT2D eigenvalue weighted by molar-refractivity contribution is 5.99. The minimum absolute atomic E-state index is 0.0273. The summed E-state index contributed by atoms with van der Waals surface area (Å²) >= 11 is 0. The van der Waals surface area contributed by atoms with E-state index >= 15 is 0 Å².